The lowest BCUT2D eigenvalue weighted by Gasteiger charge is -2.29. The van der Waals surface area contributed by atoms with Gasteiger partial charge < -0.3 is 9.47 Å². The zero-order valence-corrected chi connectivity index (χ0v) is 12.1. The SMILES string of the molecule is Cc1c2c(cc(Cl)c1C1(N=C=O)CCCC1)OCCO2. The van der Waals surface area contributed by atoms with E-state index in [1.54, 1.807) is 12.1 Å². The lowest BCUT2D eigenvalue weighted by Crippen LogP contribution is -2.23. The maximum Gasteiger partial charge on any atom is 0.235 e. The summed E-state index contributed by atoms with van der Waals surface area (Å²) in [5.41, 5.74) is 1.27. The van der Waals surface area contributed by atoms with E-state index in [0.717, 1.165) is 42.6 Å². The minimum atomic E-state index is -0.543. The molecule has 1 saturated carbocycles. The second-order valence-corrected chi connectivity index (χ2v) is 5.73. The van der Waals surface area contributed by atoms with Crippen LogP contribution >= 0.6 is 11.6 Å². The third-order valence-electron chi connectivity index (χ3n) is 4.18. The summed E-state index contributed by atoms with van der Waals surface area (Å²) in [6.07, 6.45) is 5.45. The number of hydrogen-bond donors (Lipinski definition) is 0. The number of aliphatic imine (C=N–C) groups is 1. The van der Waals surface area contributed by atoms with Gasteiger partial charge in [0.1, 0.15) is 18.8 Å². The van der Waals surface area contributed by atoms with Gasteiger partial charge in [0.15, 0.2) is 11.5 Å². The largest absolute Gasteiger partial charge is 0.486 e. The fourth-order valence-electron chi connectivity index (χ4n) is 3.35. The van der Waals surface area contributed by atoms with Crippen LogP contribution in [0.3, 0.4) is 0 Å². The first-order valence-electron chi connectivity index (χ1n) is 6.86. The Morgan fingerprint density at radius 3 is 2.70 bits per heavy atom. The average molecular weight is 294 g/mol. The van der Waals surface area contributed by atoms with Crippen molar-refractivity contribution in [2.45, 2.75) is 38.1 Å². The van der Waals surface area contributed by atoms with Crippen LogP contribution in [0.4, 0.5) is 0 Å². The number of hydrogen-bond acceptors (Lipinski definition) is 4. The molecular weight excluding hydrogens is 278 g/mol. The van der Waals surface area contributed by atoms with Crippen molar-refractivity contribution in [2.75, 3.05) is 13.2 Å². The first-order valence-corrected chi connectivity index (χ1v) is 7.24. The van der Waals surface area contributed by atoms with Crippen molar-refractivity contribution in [1.29, 1.82) is 0 Å². The fraction of sp³-hybridized carbons (Fsp3) is 0.533. The predicted octanol–water partition coefficient (Wildman–Crippen LogP) is 3.52. The molecule has 0 amide bonds. The molecule has 5 heteroatoms. The summed E-state index contributed by atoms with van der Waals surface area (Å²) >= 11 is 6.45. The third kappa shape index (κ3) is 2.00. The number of rotatable bonds is 2. The molecule has 106 valence electrons. The number of nitrogens with zero attached hydrogens (tertiary/aromatic N) is 1. The van der Waals surface area contributed by atoms with Crippen LogP contribution < -0.4 is 9.47 Å². The van der Waals surface area contributed by atoms with Crippen molar-refractivity contribution in [3.05, 3.63) is 22.2 Å². The van der Waals surface area contributed by atoms with E-state index in [1.807, 2.05) is 6.92 Å². The van der Waals surface area contributed by atoms with Gasteiger partial charge in [-0.1, -0.05) is 24.4 Å². The van der Waals surface area contributed by atoms with Crippen LogP contribution in [0.1, 0.15) is 36.8 Å². The molecule has 1 fully saturated rings. The van der Waals surface area contributed by atoms with Crippen molar-refractivity contribution in [3.8, 4) is 11.5 Å². The van der Waals surface area contributed by atoms with Gasteiger partial charge in [0, 0.05) is 17.2 Å². The van der Waals surface area contributed by atoms with Crippen LogP contribution in [0, 0.1) is 6.92 Å². The predicted molar refractivity (Wildman–Crippen MR) is 75.4 cm³/mol. The van der Waals surface area contributed by atoms with E-state index in [2.05, 4.69) is 4.99 Å². The molecule has 0 bridgehead atoms. The molecule has 3 rings (SSSR count). The summed E-state index contributed by atoms with van der Waals surface area (Å²) in [6, 6.07) is 1.78. The van der Waals surface area contributed by atoms with Gasteiger partial charge in [-0.25, -0.2) is 4.79 Å². The second kappa shape index (κ2) is 5.12. The van der Waals surface area contributed by atoms with E-state index in [1.165, 1.54) is 0 Å². The van der Waals surface area contributed by atoms with E-state index >= 15 is 0 Å². The normalized spacial score (nSPS) is 19.5. The van der Waals surface area contributed by atoms with Crippen LogP contribution in [-0.4, -0.2) is 19.3 Å². The topological polar surface area (TPSA) is 47.9 Å². The van der Waals surface area contributed by atoms with Gasteiger partial charge in [-0.3, -0.25) is 0 Å². The third-order valence-corrected chi connectivity index (χ3v) is 4.48. The zero-order valence-electron chi connectivity index (χ0n) is 11.4. The molecule has 20 heavy (non-hydrogen) atoms. The Morgan fingerprint density at radius 2 is 2.00 bits per heavy atom. The second-order valence-electron chi connectivity index (χ2n) is 5.32. The van der Waals surface area contributed by atoms with E-state index < -0.39 is 5.54 Å². The molecule has 0 N–H and O–H groups in total. The Labute approximate surface area is 122 Å². The van der Waals surface area contributed by atoms with Crippen molar-refractivity contribution in [2.24, 2.45) is 4.99 Å². The van der Waals surface area contributed by atoms with Gasteiger partial charge in [-0.2, -0.15) is 4.99 Å². The van der Waals surface area contributed by atoms with Gasteiger partial charge in [-0.15, -0.1) is 0 Å². The molecule has 0 spiro atoms. The molecule has 1 aliphatic heterocycles. The summed E-state index contributed by atoms with van der Waals surface area (Å²) in [5.74, 6) is 1.40. The van der Waals surface area contributed by atoms with E-state index in [-0.39, 0.29) is 0 Å². The molecule has 0 aromatic heterocycles. The number of halogens is 1. The highest BCUT2D eigenvalue weighted by Crippen LogP contribution is 2.50. The number of fused-ring (bicyclic) bond motifs is 1. The van der Waals surface area contributed by atoms with E-state index in [4.69, 9.17) is 21.1 Å². The number of carbonyl (C=O) groups excluding carboxylic acids is 1. The van der Waals surface area contributed by atoms with E-state index in [9.17, 15) is 4.79 Å². The minimum absolute atomic E-state index is 0.527. The minimum Gasteiger partial charge on any atom is -0.486 e. The molecule has 1 aliphatic carbocycles. The maximum atomic E-state index is 10.9. The summed E-state index contributed by atoms with van der Waals surface area (Å²) < 4.78 is 11.3. The van der Waals surface area contributed by atoms with Gasteiger partial charge >= 0.3 is 0 Å². The van der Waals surface area contributed by atoms with Gasteiger partial charge in [0.2, 0.25) is 6.08 Å². The highest BCUT2D eigenvalue weighted by atomic mass is 35.5. The van der Waals surface area contributed by atoms with Crippen LogP contribution in [0.15, 0.2) is 11.1 Å². The summed E-state index contributed by atoms with van der Waals surface area (Å²) in [5, 5.41) is 0.590. The Kier molecular flexibility index (Phi) is 3.45. The number of isocyanates is 1. The molecule has 0 radical (unpaired) electrons. The standard InChI is InChI=1S/C15H16ClNO3/c1-10-13(15(17-9-18)4-2-3-5-15)11(16)8-12-14(10)20-7-6-19-12/h8H,2-7H2,1H3. The van der Waals surface area contributed by atoms with Gasteiger partial charge in [-0.05, 0) is 19.8 Å². The summed E-state index contributed by atoms with van der Waals surface area (Å²) in [4.78, 5) is 15.0. The molecule has 4 nitrogen and oxygen atoms in total. The first-order chi connectivity index (χ1) is 9.68. The first kappa shape index (κ1) is 13.5. The number of benzene rings is 1. The van der Waals surface area contributed by atoms with Crippen molar-refractivity contribution in [3.63, 3.8) is 0 Å². The van der Waals surface area contributed by atoms with Crippen molar-refractivity contribution < 1.29 is 14.3 Å². The van der Waals surface area contributed by atoms with Crippen LogP contribution in [0.2, 0.25) is 5.02 Å². The molecule has 2 aliphatic rings. The maximum absolute atomic E-state index is 10.9. The highest BCUT2D eigenvalue weighted by molar-refractivity contribution is 6.31. The lowest BCUT2D eigenvalue weighted by atomic mass is 9.85. The highest BCUT2D eigenvalue weighted by Gasteiger charge is 2.40. The molecular formula is C15H16ClNO3. The van der Waals surface area contributed by atoms with Crippen molar-refractivity contribution in [1.82, 2.24) is 0 Å². The van der Waals surface area contributed by atoms with Crippen LogP contribution in [0.25, 0.3) is 0 Å². The Morgan fingerprint density at radius 1 is 1.30 bits per heavy atom. The summed E-state index contributed by atoms with van der Waals surface area (Å²) in [7, 11) is 0. The Hall–Kier alpha value is -1.51. The van der Waals surface area contributed by atoms with Crippen molar-refractivity contribution >= 4 is 17.7 Å². The van der Waals surface area contributed by atoms with E-state index in [0.29, 0.717) is 24.0 Å². The molecule has 1 aromatic carbocycles. The smallest absolute Gasteiger partial charge is 0.235 e. The molecule has 1 aromatic rings. The molecule has 0 unspecified atom stereocenters. The summed E-state index contributed by atoms with van der Waals surface area (Å²) in [6.45, 7) is 3.01. The van der Waals surface area contributed by atoms with Gasteiger partial charge in [0.05, 0.1) is 5.02 Å². The van der Waals surface area contributed by atoms with Crippen LogP contribution in [-0.2, 0) is 10.3 Å². The molecule has 0 atom stereocenters. The Balaban J connectivity index is 2.20. The fourth-order valence-corrected chi connectivity index (χ4v) is 3.77. The van der Waals surface area contributed by atoms with Crippen LogP contribution in [0.5, 0.6) is 11.5 Å². The molecule has 1 heterocycles. The lowest BCUT2D eigenvalue weighted by molar-refractivity contribution is 0.170. The zero-order chi connectivity index (χ0) is 14.2. The monoisotopic (exact) mass is 293 g/mol. The Bertz CT molecular complexity index is 587. The quantitative estimate of drug-likeness (QED) is 0.619. The molecule has 0 saturated heterocycles. The van der Waals surface area contributed by atoms with Gasteiger partial charge in [0.25, 0.3) is 0 Å². The average Bonchev–Trinajstić information content (AvgIpc) is 2.88. The number of ether oxygens (including phenoxy) is 2.